The van der Waals surface area contributed by atoms with Gasteiger partial charge in [-0.3, -0.25) is 14.3 Å². The molecule has 0 unspecified atom stereocenters. The van der Waals surface area contributed by atoms with Gasteiger partial charge in [0.15, 0.2) is 10.8 Å². The predicted molar refractivity (Wildman–Crippen MR) is 120 cm³/mol. The number of aromatic nitrogens is 2. The number of nitrogens with one attached hydrogen (secondary N) is 2. The van der Waals surface area contributed by atoms with Crippen LogP contribution in [0.15, 0.2) is 9.59 Å². The van der Waals surface area contributed by atoms with Gasteiger partial charge < -0.3 is 16.0 Å². The second kappa shape index (κ2) is 10.6. The first kappa shape index (κ1) is 22.5. The molecule has 1 aromatic rings. The maximum absolute atomic E-state index is 12.7. The monoisotopic (exact) mass is 409 g/mol. The van der Waals surface area contributed by atoms with E-state index >= 15 is 0 Å². The molecule has 1 aliphatic carbocycles. The SMILES string of the molecule is CCCCN(C(=S)N[C@@H]1CCCC[C@@H]1C)c1c(N)n(CCCC)c(=O)[nH]c1=O. The number of hydrogen-bond donors (Lipinski definition) is 3. The van der Waals surface area contributed by atoms with Crippen molar-refractivity contribution < 1.29 is 0 Å². The van der Waals surface area contributed by atoms with Crippen molar-refractivity contribution in [2.75, 3.05) is 17.2 Å². The van der Waals surface area contributed by atoms with Crippen LogP contribution in [0.5, 0.6) is 0 Å². The molecule has 28 heavy (non-hydrogen) atoms. The summed E-state index contributed by atoms with van der Waals surface area (Å²) in [5, 5.41) is 3.99. The fourth-order valence-corrected chi connectivity index (χ4v) is 4.11. The lowest BCUT2D eigenvalue weighted by atomic mass is 9.86. The molecule has 0 bridgehead atoms. The Hall–Kier alpha value is -1.83. The fourth-order valence-electron chi connectivity index (χ4n) is 3.77. The van der Waals surface area contributed by atoms with E-state index in [1.165, 1.54) is 23.8 Å². The van der Waals surface area contributed by atoms with Gasteiger partial charge in [-0.25, -0.2) is 4.79 Å². The molecule has 2 rings (SSSR count). The van der Waals surface area contributed by atoms with E-state index in [0.717, 1.165) is 32.1 Å². The number of anilines is 2. The first-order chi connectivity index (χ1) is 13.4. The van der Waals surface area contributed by atoms with Gasteiger partial charge in [-0.1, -0.05) is 46.5 Å². The van der Waals surface area contributed by atoms with Crippen LogP contribution in [0.25, 0.3) is 0 Å². The van der Waals surface area contributed by atoms with E-state index in [4.69, 9.17) is 18.0 Å². The molecule has 2 atom stereocenters. The minimum atomic E-state index is -0.479. The molecule has 158 valence electrons. The molecule has 0 radical (unpaired) electrons. The molecule has 8 heteroatoms. The molecule has 7 nitrogen and oxygen atoms in total. The van der Waals surface area contributed by atoms with Crippen LogP contribution in [0.4, 0.5) is 11.5 Å². The fraction of sp³-hybridized carbons (Fsp3) is 0.750. The smallest absolute Gasteiger partial charge is 0.330 e. The lowest BCUT2D eigenvalue weighted by Gasteiger charge is -2.34. The minimum absolute atomic E-state index is 0.194. The second-order valence-corrected chi connectivity index (χ2v) is 8.21. The minimum Gasteiger partial charge on any atom is -0.383 e. The van der Waals surface area contributed by atoms with Gasteiger partial charge in [-0.15, -0.1) is 0 Å². The van der Waals surface area contributed by atoms with Gasteiger partial charge in [0.2, 0.25) is 0 Å². The summed E-state index contributed by atoms with van der Waals surface area (Å²) in [5.74, 6) is 0.730. The molecule has 1 saturated carbocycles. The normalized spacial score (nSPS) is 19.4. The van der Waals surface area contributed by atoms with Crippen LogP contribution in [0.1, 0.15) is 72.1 Å². The van der Waals surface area contributed by atoms with Crippen LogP contribution < -0.4 is 27.2 Å². The number of nitrogens with two attached hydrogens (primary N) is 1. The van der Waals surface area contributed by atoms with Gasteiger partial charge in [-0.05, 0) is 43.8 Å². The highest BCUT2D eigenvalue weighted by Gasteiger charge is 2.26. The highest BCUT2D eigenvalue weighted by Crippen LogP contribution is 2.25. The quantitative estimate of drug-likeness (QED) is 0.571. The maximum Gasteiger partial charge on any atom is 0.330 e. The standard InChI is InChI=1S/C20H35N5O2S/c1-4-6-12-24(20(28)22-15-11-9-8-10-14(15)3)16-17(21)25(13-7-5-2)19(27)23-18(16)26/h14-15H,4-13,21H2,1-3H3,(H,22,28)(H,23,26,27)/t14-,15+/m0/s1. The highest BCUT2D eigenvalue weighted by molar-refractivity contribution is 7.80. The summed E-state index contributed by atoms with van der Waals surface area (Å²) in [6, 6.07) is 0.302. The number of aromatic amines is 1. The number of thiocarbonyl (C=S) groups is 1. The van der Waals surface area contributed by atoms with E-state index in [1.54, 1.807) is 4.90 Å². The third-order valence-corrected chi connectivity index (χ3v) is 5.96. The van der Waals surface area contributed by atoms with E-state index in [9.17, 15) is 9.59 Å². The topological polar surface area (TPSA) is 96.2 Å². The zero-order chi connectivity index (χ0) is 20.7. The number of hydrogen-bond acceptors (Lipinski definition) is 4. The van der Waals surface area contributed by atoms with Crippen molar-refractivity contribution in [1.82, 2.24) is 14.9 Å². The Labute approximate surface area is 172 Å². The zero-order valence-corrected chi connectivity index (χ0v) is 18.2. The van der Waals surface area contributed by atoms with Crippen LogP contribution in [0, 0.1) is 5.92 Å². The van der Waals surface area contributed by atoms with E-state index in [1.807, 2.05) is 6.92 Å². The van der Waals surface area contributed by atoms with Crippen molar-refractivity contribution in [3.05, 3.63) is 20.8 Å². The molecule has 0 saturated heterocycles. The molecule has 4 N–H and O–H groups in total. The Balaban J connectivity index is 2.37. The van der Waals surface area contributed by atoms with Gasteiger partial charge >= 0.3 is 5.69 Å². The van der Waals surface area contributed by atoms with Crippen LogP contribution in [0.3, 0.4) is 0 Å². The molecule has 0 aliphatic heterocycles. The van der Waals surface area contributed by atoms with Gasteiger partial charge in [0.05, 0.1) is 0 Å². The maximum atomic E-state index is 12.7. The third kappa shape index (κ3) is 5.37. The van der Waals surface area contributed by atoms with Crippen molar-refractivity contribution in [3.8, 4) is 0 Å². The number of rotatable bonds is 8. The number of H-pyrrole nitrogens is 1. The molecule has 1 heterocycles. The number of nitrogen functional groups attached to an aromatic ring is 1. The largest absolute Gasteiger partial charge is 0.383 e. The van der Waals surface area contributed by atoms with E-state index in [0.29, 0.717) is 30.2 Å². The van der Waals surface area contributed by atoms with Crippen molar-refractivity contribution in [2.24, 2.45) is 5.92 Å². The van der Waals surface area contributed by atoms with Crippen LogP contribution >= 0.6 is 12.2 Å². The lowest BCUT2D eigenvalue weighted by molar-refractivity contribution is 0.309. The molecule has 0 spiro atoms. The zero-order valence-electron chi connectivity index (χ0n) is 17.4. The molecule has 0 aromatic carbocycles. The molecule has 0 amide bonds. The summed E-state index contributed by atoms with van der Waals surface area (Å²) in [6.07, 6.45) is 8.27. The Morgan fingerprint density at radius 3 is 2.57 bits per heavy atom. The first-order valence-electron chi connectivity index (χ1n) is 10.6. The van der Waals surface area contributed by atoms with Crippen molar-refractivity contribution in [3.63, 3.8) is 0 Å². The molecule has 1 aromatic heterocycles. The molecule has 1 fully saturated rings. The highest BCUT2D eigenvalue weighted by atomic mass is 32.1. The second-order valence-electron chi connectivity index (χ2n) is 7.82. The summed E-state index contributed by atoms with van der Waals surface area (Å²) in [7, 11) is 0. The summed E-state index contributed by atoms with van der Waals surface area (Å²) in [6.45, 7) is 7.44. The summed E-state index contributed by atoms with van der Waals surface area (Å²) >= 11 is 5.71. The van der Waals surface area contributed by atoms with Crippen molar-refractivity contribution in [2.45, 2.75) is 84.7 Å². The van der Waals surface area contributed by atoms with Crippen LogP contribution in [-0.4, -0.2) is 27.3 Å². The van der Waals surface area contributed by atoms with E-state index in [-0.39, 0.29) is 11.5 Å². The van der Waals surface area contributed by atoms with E-state index < -0.39 is 11.2 Å². The summed E-state index contributed by atoms with van der Waals surface area (Å²) in [4.78, 5) is 29.1. The summed E-state index contributed by atoms with van der Waals surface area (Å²) in [5.41, 5.74) is 5.65. The van der Waals surface area contributed by atoms with Gasteiger partial charge in [0.25, 0.3) is 5.56 Å². The number of nitrogens with zero attached hydrogens (tertiary/aromatic N) is 2. The van der Waals surface area contributed by atoms with Crippen LogP contribution in [0.2, 0.25) is 0 Å². The third-order valence-electron chi connectivity index (χ3n) is 5.62. The molecular formula is C20H35N5O2S. The first-order valence-corrected chi connectivity index (χ1v) is 11.0. The Morgan fingerprint density at radius 2 is 1.93 bits per heavy atom. The Kier molecular flexibility index (Phi) is 8.54. The van der Waals surface area contributed by atoms with Crippen LogP contribution in [-0.2, 0) is 6.54 Å². The Bertz CT molecular complexity index is 773. The lowest BCUT2D eigenvalue weighted by Crippen LogP contribution is -2.50. The molecule has 1 aliphatic rings. The van der Waals surface area contributed by atoms with Gasteiger partial charge in [0, 0.05) is 19.1 Å². The summed E-state index contributed by atoms with van der Waals surface area (Å²) < 4.78 is 1.45. The average molecular weight is 410 g/mol. The average Bonchev–Trinajstić information content (AvgIpc) is 2.65. The van der Waals surface area contributed by atoms with Crippen molar-refractivity contribution in [1.29, 1.82) is 0 Å². The number of unbranched alkanes of at least 4 members (excludes halogenated alkanes) is 2. The molecular weight excluding hydrogens is 374 g/mol. The van der Waals surface area contributed by atoms with Gasteiger partial charge in [-0.2, -0.15) is 0 Å². The Morgan fingerprint density at radius 1 is 1.25 bits per heavy atom. The van der Waals surface area contributed by atoms with Crippen molar-refractivity contribution >= 4 is 28.8 Å². The van der Waals surface area contributed by atoms with E-state index in [2.05, 4.69) is 24.1 Å². The predicted octanol–water partition coefficient (Wildman–Crippen LogP) is 2.98. The van der Waals surface area contributed by atoms with Gasteiger partial charge in [0.1, 0.15) is 5.82 Å².